The lowest BCUT2D eigenvalue weighted by Gasteiger charge is -2.37. The SMILES string of the molecule is CCC(C)C(=O)NC1CCCCC1C(S(=O)(=O)C(F)(F)F)S(=O)(=O)C(F)(F)F. The maximum absolute atomic E-state index is 13.0. The minimum atomic E-state index is -6.73. The van der Waals surface area contributed by atoms with Gasteiger partial charge in [0, 0.05) is 17.9 Å². The second-order valence-electron chi connectivity index (χ2n) is 6.72. The zero-order chi connectivity index (χ0) is 22.1. The van der Waals surface area contributed by atoms with Gasteiger partial charge in [-0.15, -0.1) is 0 Å². The van der Waals surface area contributed by atoms with Crippen LogP contribution in [0.2, 0.25) is 0 Å². The van der Waals surface area contributed by atoms with Gasteiger partial charge in [-0.25, -0.2) is 16.8 Å². The number of carbonyl (C=O) groups excluding carboxylic acids is 1. The van der Waals surface area contributed by atoms with Crippen molar-refractivity contribution in [1.82, 2.24) is 5.32 Å². The van der Waals surface area contributed by atoms with Gasteiger partial charge in [-0.1, -0.05) is 26.7 Å². The van der Waals surface area contributed by atoms with Crippen LogP contribution in [0.4, 0.5) is 26.3 Å². The number of alkyl halides is 6. The summed E-state index contributed by atoms with van der Waals surface area (Å²) >= 11 is 0. The minimum Gasteiger partial charge on any atom is -0.353 e. The zero-order valence-corrected chi connectivity index (χ0v) is 16.6. The fourth-order valence-corrected chi connectivity index (χ4v) is 7.15. The van der Waals surface area contributed by atoms with E-state index in [0.717, 1.165) is 0 Å². The van der Waals surface area contributed by atoms with Crippen molar-refractivity contribution < 1.29 is 48.0 Å². The number of sulfone groups is 2. The Morgan fingerprint density at radius 1 is 0.964 bits per heavy atom. The maximum atomic E-state index is 13.0. The zero-order valence-electron chi connectivity index (χ0n) is 15.0. The predicted molar refractivity (Wildman–Crippen MR) is 87.1 cm³/mol. The largest absolute Gasteiger partial charge is 0.498 e. The minimum absolute atomic E-state index is 0.0254. The Balaban J connectivity index is 3.52. The monoisotopic (exact) mass is 461 g/mol. The summed E-state index contributed by atoms with van der Waals surface area (Å²) in [7, 11) is -13.5. The van der Waals surface area contributed by atoms with Crippen LogP contribution in [0.15, 0.2) is 0 Å². The van der Waals surface area contributed by atoms with Crippen molar-refractivity contribution in [2.24, 2.45) is 11.8 Å². The molecular formula is C14H21F6NO5S2. The fraction of sp³-hybridized carbons (Fsp3) is 0.929. The summed E-state index contributed by atoms with van der Waals surface area (Å²) in [6.45, 7) is 3.08. The normalized spacial score (nSPS) is 23.5. The van der Waals surface area contributed by atoms with Gasteiger partial charge < -0.3 is 5.32 Å². The van der Waals surface area contributed by atoms with Crippen molar-refractivity contribution in [2.45, 2.75) is 67.6 Å². The van der Waals surface area contributed by atoms with Crippen LogP contribution in [-0.4, -0.2) is 44.4 Å². The first-order valence-electron chi connectivity index (χ1n) is 8.39. The molecule has 1 fully saturated rings. The molecule has 1 saturated carbocycles. The Kier molecular flexibility index (Phi) is 7.46. The molecule has 0 aromatic rings. The molecule has 0 aromatic heterocycles. The fourth-order valence-electron chi connectivity index (χ4n) is 3.07. The number of hydrogen-bond donors (Lipinski definition) is 1. The Labute approximate surface area is 158 Å². The third-order valence-corrected chi connectivity index (χ3v) is 9.55. The van der Waals surface area contributed by atoms with Gasteiger partial charge in [0.2, 0.25) is 5.91 Å². The van der Waals surface area contributed by atoms with Crippen LogP contribution < -0.4 is 5.32 Å². The van der Waals surface area contributed by atoms with Crippen LogP contribution in [0.3, 0.4) is 0 Å². The quantitative estimate of drug-likeness (QED) is 0.614. The molecule has 166 valence electrons. The molecule has 0 aliphatic heterocycles. The highest BCUT2D eigenvalue weighted by atomic mass is 32.3. The summed E-state index contributed by atoms with van der Waals surface area (Å²) in [4.78, 5) is 12.0. The van der Waals surface area contributed by atoms with Crippen LogP contribution in [0, 0.1) is 11.8 Å². The maximum Gasteiger partial charge on any atom is 0.498 e. The Bertz CT molecular complexity index is 731. The first-order valence-corrected chi connectivity index (χ1v) is 11.5. The van der Waals surface area contributed by atoms with Crippen molar-refractivity contribution >= 4 is 25.6 Å². The van der Waals surface area contributed by atoms with Crippen LogP contribution in [0.5, 0.6) is 0 Å². The van der Waals surface area contributed by atoms with Gasteiger partial charge >= 0.3 is 11.0 Å². The molecule has 1 N–H and O–H groups in total. The molecule has 1 amide bonds. The van der Waals surface area contributed by atoms with E-state index in [2.05, 4.69) is 5.32 Å². The number of carbonyl (C=O) groups is 1. The molecule has 0 radical (unpaired) electrons. The van der Waals surface area contributed by atoms with Crippen molar-refractivity contribution in [2.75, 3.05) is 0 Å². The highest BCUT2D eigenvalue weighted by Crippen LogP contribution is 2.43. The van der Waals surface area contributed by atoms with E-state index in [9.17, 15) is 48.0 Å². The summed E-state index contributed by atoms with van der Waals surface area (Å²) in [5.41, 5.74) is -12.4. The number of halogens is 6. The third-order valence-electron chi connectivity index (χ3n) is 4.81. The number of rotatable bonds is 6. The Morgan fingerprint density at radius 3 is 1.79 bits per heavy atom. The highest BCUT2D eigenvalue weighted by Gasteiger charge is 2.66. The molecule has 1 rings (SSSR count). The summed E-state index contributed by atoms with van der Waals surface area (Å²) in [6.07, 6.45) is -0.0381. The van der Waals surface area contributed by atoms with Gasteiger partial charge in [-0.05, 0) is 19.3 Å². The van der Waals surface area contributed by atoms with E-state index in [1.807, 2.05) is 0 Å². The number of nitrogens with one attached hydrogen (secondary N) is 1. The van der Waals surface area contributed by atoms with Crippen LogP contribution in [0.25, 0.3) is 0 Å². The molecule has 1 aliphatic rings. The summed E-state index contributed by atoms with van der Waals surface area (Å²) in [5, 5.41) is 2.24. The van der Waals surface area contributed by atoms with Gasteiger partial charge in [-0.2, -0.15) is 26.3 Å². The van der Waals surface area contributed by atoms with Gasteiger partial charge in [0.15, 0.2) is 4.58 Å². The topological polar surface area (TPSA) is 97.4 Å². The lowest BCUT2D eigenvalue weighted by atomic mass is 9.85. The lowest BCUT2D eigenvalue weighted by molar-refractivity contribution is -0.125. The van der Waals surface area contributed by atoms with E-state index in [1.54, 1.807) is 6.92 Å². The van der Waals surface area contributed by atoms with Gasteiger partial charge in [0.05, 0.1) is 0 Å². The molecule has 0 spiro atoms. The molecule has 3 atom stereocenters. The molecule has 28 heavy (non-hydrogen) atoms. The molecule has 14 heteroatoms. The van der Waals surface area contributed by atoms with Crippen molar-refractivity contribution in [3.05, 3.63) is 0 Å². The second-order valence-corrected chi connectivity index (χ2v) is 11.1. The smallest absolute Gasteiger partial charge is 0.353 e. The number of amides is 1. The standard InChI is InChI=1S/C14H21F6NO5S2/c1-3-8(2)11(22)21-10-7-5-4-6-9(10)12(27(23,24)13(15,16)17)28(25,26)14(18,19)20/h8-10,12H,3-7H2,1-2H3,(H,21,22). The van der Waals surface area contributed by atoms with E-state index in [0.29, 0.717) is 6.42 Å². The summed E-state index contributed by atoms with van der Waals surface area (Å²) in [6, 6.07) is -1.45. The first kappa shape index (κ1) is 25.0. The van der Waals surface area contributed by atoms with Crippen LogP contribution >= 0.6 is 0 Å². The second kappa shape index (κ2) is 8.36. The van der Waals surface area contributed by atoms with E-state index < -0.39 is 65.5 Å². The van der Waals surface area contributed by atoms with Crippen molar-refractivity contribution in [3.63, 3.8) is 0 Å². The Morgan fingerprint density at radius 2 is 1.39 bits per heavy atom. The lowest BCUT2D eigenvalue weighted by Crippen LogP contribution is -2.56. The van der Waals surface area contributed by atoms with E-state index >= 15 is 0 Å². The molecule has 0 heterocycles. The van der Waals surface area contributed by atoms with Gasteiger partial charge in [0.1, 0.15) is 0 Å². The molecule has 0 aromatic carbocycles. The summed E-state index contributed by atoms with van der Waals surface area (Å²) in [5.74, 6) is -3.42. The molecule has 3 unspecified atom stereocenters. The van der Waals surface area contributed by atoms with Crippen LogP contribution in [0.1, 0.15) is 46.0 Å². The molecule has 0 bridgehead atoms. The van der Waals surface area contributed by atoms with Gasteiger partial charge in [0.25, 0.3) is 19.7 Å². The Hall–Kier alpha value is -1.05. The highest BCUT2D eigenvalue weighted by molar-refractivity contribution is 8.09. The average Bonchev–Trinajstić information content (AvgIpc) is 2.53. The van der Waals surface area contributed by atoms with Crippen molar-refractivity contribution in [3.8, 4) is 0 Å². The molecular weight excluding hydrogens is 440 g/mol. The first-order chi connectivity index (χ1) is 12.5. The number of hydrogen-bond acceptors (Lipinski definition) is 5. The van der Waals surface area contributed by atoms with Crippen LogP contribution in [-0.2, 0) is 24.5 Å². The van der Waals surface area contributed by atoms with E-state index in [4.69, 9.17) is 0 Å². The van der Waals surface area contributed by atoms with Gasteiger partial charge in [-0.3, -0.25) is 4.79 Å². The molecule has 6 nitrogen and oxygen atoms in total. The average molecular weight is 461 g/mol. The van der Waals surface area contributed by atoms with E-state index in [1.165, 1.54) is 6.92 Å². The van der Waals surface area contributed by atoms with E-state index in [-0.39, 0.29) is 19.3 Å². The summed E-state index contributed by atoms with van der Waals surface area (Å²) < 4.78 is 122. The molecule has 1 aliphatic carbocycles. The molecule has 0 saturated heterocycles. The third kappa shape index (κ3) is 4.92. The predicted octanol–water partition coefficient (Wildman–Crippen LogP) is 2.90. The van der Waals surface area contributed by atoms with Crippen molar-refractivity contribution in [1.29, 1.82) is 0 Å².